The molecule has 1 aromatic rings. The van der Waals surface area contributed by atoms with Crippen LogP contribution in [-0.2, 0) is 0 Å². The summed E-state index contributed by atoms with van der Waals surface area (Å²) in [5, 5.41) is 21.1. The minimum Gasteiger partial charge on any atom is -0.387 e. The molecular weight excluding hydrogens is 293 g/mol. The van der Waals surface area contributed by atoms with Crippen molar-refractivity contribution >= 4 is 23.2 Å². The lowest BCUT2D eigenvalue weighted by atomic mass is 9.62. The van der Waals surface area contributed by atoms with E-state index in [0.29, 0.717) is 28.5 Å². The molecule has 0 spiro atoms. The van der Waals surface area contributed by atoms with E-state index >= 15 is 0 Å². The fraction of sp³-hybridized carbons (Fsp3) is 0.562. The summed E-state index contributed by atoms with van der Waals surface area (Å²) in [6, 6.07) is 7.44. The molecule has 1 aliphatic carbocycles. The van der Waals surface area contributed by atoms with E-state index in [4.69, 9.17) is 23.2 Å². The molecular formula is C16H19Cl2NO. The second kappa shape index (κ2) is 5.56. The van der Waals surface area contributed by atoms with Crippen LogP contribution >= 0.6 is 23.2 Å². The maximum atomic E-state index is 10.7. The topological polar surface area (TPSA) is 44.0 Å². The van der Waals surface area contributed by atoms with Crippen LogP contribution in [-0.4, -0.2) is 5.11 Å². The molecule has 108 valence electrons. The van der Waals surface area contributed by atoms with Gasteiger partial charge in [0.1, 0.15) is 0 Å². The van der Waals surface area contributed by atoms with Crippen LogP contribution in [0.15, 0.2) is 18.2 Å². The molecule has 0 aliphatic heterocycles. The molecule has 1 saturated carbocycles. The summed E-state index contributed by atoms with van der Waals surface area (Å²) in [6.07, 6.45) is 2.48. The first-order valence-corrected chi connectivity index (χ1v) is 7.60. The van der Waals surface area contributed by atoms with Gasteiger partial charge in [-0.1, -0.05) is 43.1 Å². The summed E-state index contributed by atoms with van der Waals surface area (Å²) in [4.78, 5) is 0. The second-order valence-corrected chi connectivity index (χ2v) is 7.32. The number of halogens is 2. The van der Waals surface area contributed by atoms with Crippen molar-refractivity contribution in [2.45, 2.75) is 45.6 Å². The van der Waals surface area contributed by atoms with Gasteiger partial charge in [-0.15, -0.1) is 0 Å². The van der Waals surface area contributed by atoms with Crippen molar-refractivity contribution < 1.29 is 5.11 Å². The Labute approximate surface area is 130 Å². The molecule has 0 saturated heterocycles. The molecule has 20 heavy (non-hydrogen) atoms. The van der Waals surface area contributed by atoms with Crippen LogP contribution in [0.5, 0.6) is 0 Å². The van der Waals surface area contributed by atoms with Crippen LogP contribution in [0.4, 0.5) is 0 Å². The highest BCUT2D eigenvalue weighted by atomic mass is 35.5. The van der Waals surface area contributed by atoms with Crippen LogP contribution in [0.25, 0.3) is 0 Å². The number of aliphatic hydroxyl groups excluding tert-OH is 1. The monoisotopic (exact) mass is 311 g/mol. The van der Waals surface area contributed by atoms with Crippen LogP contribution in [0.2, 0.25) is 10.0 Å². The average Bonchev–Trinajstić information content (AvgIpc) is 2.42. The maximum absolute atomic E-state index is 10.7. The van der Waals surface area contributed by atoms with Crippen molar-refractivity contribution in [3.63, 3.8) is 0 Å². The predicted octanol–water partition coefficient (Wildman–Crippen LogP) is 5.14. The Morgan fingerprint density at radius 3 is 2.25 bits per heavy atom. The SMILES string of the molecule is CC1(C)CCC(C#N)(C(O)c2ccc(Cl)c(Cl)c2)CC1. The van der Waals surface area contributed by atoms with Crippen LogP contribution < -0.4 is 0 Å². The van der Waals surface area contributed by atoms with E-state index in [0.717, 1.165) is 12.8 Å². The Hall–Kier alpha value is -0.750. The molecule has 1 aromatic carbocycles. The standard InChI is InChI=1S/C16H19Cl2NO/c1-15(2)5-7-16(10-19,8-6-15)14(20)11-3-4-12(17)13(18)9-11/h3-4,9,14,20H,5-8H2,1-2H3. The number of hydrogen-bond donors (Lipinski definition) is 1. The number of aliphatic hydroxyl groups is 1. The number of rotatable bonds is 2. The molecule has 2 rings (SSSR count). The molecule has 0 aromatic heterocycles. The molecule has 2 nitrogen and oxygen atoms in total. The third-order valence-corrected chi connectivity index (χ3v) is 5.24. The summed E-state index contributed by atoms with van der Waals surface area (Å²) in [5.41, 5.74) is 0.199. The van der Waals surface area contributed by atoms with E-state index in [2.05, 4.69) is 19.9 Å². The Kier molecular flexibility index (Phi) is 4.35. The zero-order valence-corrected chi connectivity index (χ0v) is 13.3. The van der Waals surface area contributed by atoms with Crippen molar-refractivity contribution in [3.05, 3.63) is 33.8 Å². The van der Waals surface area contributed by atoms with Crippen LogP contribution in [0, 0.1) is 22.2 Å². The molecule has 1 unspecified atom stereocenters. The van der Waals surface area contributed by atoms with Gasteiger partial charge in [0.25, 0.3) is 0 Å². The van der Waals surface area contributed by atoms with Crippen LogP contribution in [0.3, 0.4) is 0 Å². The van der Waals surface area contributed by atoms with Gasteiger partial charge in [-0.05, 0) is 48.8 Å². The molecule has 0 radical (unpaired) electrons. The third-order valence-electron chi connectivity index (χ3n) is 4.50. The Balaban J connectivity index is 2.28. The third kappa shape index (κ3) is 2.96. The lowest BCUT2D eigenvalue weighted by Crippen LogP contribution is -2.35. The van der Waals surface area contributed by atoms with Crippen molar-refractivity contribution in [2.75, 3.05) is 0 Å². The van der Waals surface area contributed by atoms with Gasteiger partial charge in [0, 0.05) is 0 Å². The highest BCUT2D eigenvalue weighted by Crippen LogP contribution is 2.51. The first-order chi connectivity index (χ1) is 9.30. The highest BCUT2D eigenvalue weighted by molar-refractivity contribution is 6.42. The summed E-state index contributed by atoms with van der Waals surface area (Å²) in [6.45, 7) is 4.42. The average molecular weight is 312 g/mol. The molecule has 0 heterocycles. The van der Waals surface area contributed by atoms with Gasteiger partial charge in [-0.3, -0.25) is 0 Å². The maximum Gasteiger partial charge on any atom is 0.0976 e. The Morgan fingerprint density at radius 2 is 1.75 bits per heavy atom. The van der Waals surface area contributed by atoms with Gasteiger partial charge < -0.3 is 5.11 Å². The molecule has 1 N–H and O–H groups in total. The highest BCUT2D eigenvalue weighted by Gasteiger charge is 2.44. The Morgan fingerprint density at radius 1 is 1.15 bits per heavy atom. The molecule has 0 bridgehead atoms. The molecule has 1 aliphatic rings. The zero-order valence-electron chi connectivity index (χ0n) is 11.8. The largest absolute Gasteiger partial charge is 0.387 e. The van der Waals surface area contributed by atoms with E-state index in [1.807, 2.05) is 0 Å². The van der Waals surface area contributed by atoms with Crippen molar-refractivity contribution in [1.82, 2.24) is 0 Å². The van der Waals surface area contributed by atoms with Gasteiger partial charge in [0.15, 0.2) is 0 Å². The number of nitriles is 1. The normalized spacial score (nSPS) is 22.0. The Bertz CT molecular complexity index is 538. The number of benzene rings is 1. The summed E-state index contributed by atoms with van der Waals surface area (Å²) < 4.78 is 0. The molecule has 1 atom stereocenters. The van der Waals surface area contributed by atoms with Gasteiger partial charge >= 0.3 is 0 Å². The molecule has 1 fully saturated rings. The lowest BCUT2D eigenvalue weighted by Gasteiger charge is -2.42. The molecule has 4 heteroatoms. The first kappa shape index (κ1) is 15.6. The summed E-state index contributed by atoms with van der Waals surface area (Å²) in [7, 11) is 0. The van der Waals surface area contributed by atoms with Crippen molar-refractivity contribution in [3.8, 4) is 6.07 Å². The first-order valence-electron chi connectivity index (χ1n) is 6.84. The quantitative estimate of drug-likeness (QED) is 0.822. The van der Waals surface area contributed by atoms with E-state index in [1.54, 1.807) is 18.2 Å². The van der Waals surface area contributed by atoms with Crippen molar-refractivity contribution in [1.29, 1.82) is 5.26 Å². The fourth-order valence-electron chi connectivity index (χ4n) is 2.82. The van der Waals surface area contributed by atoms with Crippen LogP contribution in [0.1, 0.15) is 51.2 Å². The van der Waals surface area contributed by atoms with Crippen molar-refractivity contribution in [2.24, 2.45) is 10.8 Å². The number of hydrogen-bond acceptors (Lipinski definition) is 2. The van der Waals surface area contributed by atoms with Gasteiger partial charge in [0.05, 0.1) is 27.6 Å². The van der Waals surface area contributed by atoms with E-state index < -0.39 is 11.5 Å². The van der Waals surface area contributed by atoms with E-state index in [9.17, 15) is 10.4 Å². The summed E-state index contributed by atoms with van der Waals surface area (Å²) >= 11 is 11.9. The van der Waals surface area contributed by atoms with Gasteiger partial charge in [0.2, 0.25) is 0 Å². The lowest BCUT2D eigenvalue weighted by molar-refractivity contribution is 0.00956. The fourth-order valence-corrected chi connectivity index (χ4v) is 3.13. The predicted molar refractivity (Wildman–Crippen MR) is 81.7 cm³/mol. The number of nitrogens with zero attached hydrogens (tertiary/aromatic N) is 1. The summed E-state index contributed by atoms with van der Waals surface area (Å²) in [5.74, 6) is 0. The smallest absolute Gasteiger partial charge is 0.0976 e. The van der Waals surface area contributed by atoms with E-state index in [1.165, 1.54) is 0 Å². The molecule has 0 amide bonds. The van der Waals surface area contributed by atoms with Gasteiger partial charge in [-0.25, -0.2) is 0 Å². The van der Waals surface area contributed by atoms with E-state index in [-0.39, 0.29) is 5.41 Å². The second-order valence-electron chi connectivity index (χ2n) is 6.51. The zero-order chi connectivity index (χ0) is 15.0. The minimum absolute atomic E-state index is 0.248. The minimum atomic E-state index is -0.821. The van der Waals surface area contributed by atoms with Gasteiger partial charge in [-0.2, -0.15) is 5.26 Å².